The third kappa shape index (κ3) is 3.76. The average molecular weight is 293 g/mol. The molecule has 0 saturated carbocycles. The summed E-state index contributed by atoms with van der Waals surface area (Å²) < 4.78 is 27.7. The third-order valence-corrected chi connectivity index (χ3v) is 2.71. The molecular weight excluding hydrogens is 276 g/mol. The highest BCUT2D eigenvalue weighted by Crippen LogP contribution is 2.24. The SMILES string of the molecule is C=C(C)/C=C(C)/C(=C\NN)C(=O)c1c(F)ccc(N)c1F. The average Bonchev–Trinajstić information content (AvgIpc) is 2.39. The number of benzene rings is 1. The van der Waals surface area contributed by atoms with E-state index in [1.54, 1.807) is 19.9 Å². The molecule has 5 N–H and O–H groups in total. The number of anilines is 1. The summed E-state index contributed by atoms with van der Waals surface area (Å²) >= 11 is 0. The number of nitrogens with one attached hydrogen (secondary N) is 1. The van der Waals surface area contributed by atoms with E-state index in [-0.39, 0.29) is 11.3 Å². The van der Waals surface area contributed by atoms with Crippen molar-refractivity contribution in [1.29, 1.82) is 0 Å². The number of nitrogens with two attached hydrogens (primary N) is 2. The lowest BCUT2D eigenvalue weighted by Crippen LogP contribution is -2.19. The van der Waals surface area contributed by atoms with Gasteiger partial charge in [-0.25, -0.2) is 8.78 Å². The van der Waals surface area contributed by atoms with E-state index in [1.165, 1.54) is 6.20 Å². The van der Waals surface area contributed by atoms with E-state index < -0.39 is 23.0 Å². The van der Waals surface area contributed by atoms with Crippen molar-refractivity contribution in [1.82, 2.24) is 5.43 Å². The van der Waals surface area contributed by atoms with Gasteiger partial charge in [0.1, 0.15) is 5.82 Å². The van der Waals surface area contributed by atoms with E-state index in [0.29, 0.717) is 11.1 Å². The van der Waals surface area contributed by atoms with E-state index >= 15 is 0 Å². The Bertz CT molecular complexity index is 649. The van der Waals surface area contributed by atoms with Gasteiger partial charge in [0.2, 0.25) is 5.78 Å². The van der Waals surface area contributed by atoms with Crippen molar-refractivity contribution in [3.05, 3.63) is 64.9 Å². The molecule has 0 fully saturated rings. The summed E-state index contributed by atoms with van der Waals surface area (Å²) in [4.78, 5) is 12.4. The van der Waals surface area contributed by atoms with Gasteiger partial charge in [-0.05, 0) is 31.6 Å². The minimum atomic E-state index is -1.09. The lowest BCUT2D eigenvalue weighted by atomic mass is 9.96. The van der Waals surface area contributed by atoms with Crippen LogP contribution in [0.3, 0.4) is 0 Å². The van der Waals surface area contributed by atoms with Crippen molar-refractivity contribution >= 4 is 11.5 Å². The number of hydrogen-bond acceptors (Lipinski definition) is 4. The fourth-order valence-electron chi connectivity index (χ4n) is 1.80. The molecule has 0 aromatic heterocycles. The molecule has 0 aliphatic heterocycles. The zero-order valence-electron chi connectivity index (χ0n) is 11.8. The van der Waals surface area contributed by atoms with Crippen LogP contribution in [-0.2, 0) is 0 Å². The van der Waals surface area contributed by atoms with Gasteiger partial charge in [0.05, 0.1) is 11.3 Å². The molecule has 1 rings (SSSR count). The summed E-state index contributed by atoms with van der Waals surface area (Å²) in [6.07, 6.45) is 2.77. The Morgan fingerprint density at radius 3 is 2.48 bits per heavy atom. The minimum Gasteiger partial charge on any atom is -0.396 e. The summed E-state index contributed by atoms with van der Waals surface area (Å²) in [5, 5.41) is 0. The van der Waals surface area contributed by atoms with Crippen LogP contribution in [0.25, 0.3) is 0 Å². The second kappa shape index (κ2) is 6.81. The molecular formula is C15H17F2N3O. The van der Waals surface area contributed by atoms with Crippen LogP contribution in [0.15, 0.2) is 47.7 Å². The lowest BCUT2D eigenvalue weighted by molar-refractivity contribution is 0.102. The van der Waals surface area contributed by atoms with Gasteiger partial charge >= 0.3 is 0 Å². The first-order valence-corrected chi connectivity index (χ1v) is 6.08. The maximum atomic E-state index is 13.9. The normalized spacial score (nSPS) is 12.2. The van der Waals surface area contributed by atoms with E-state index in [0.717, 1.165) is 12.1 Å². The summed E-state index contributed by atoms with van der Waals surface area (Å²) in [5.74, 6) is 2.24. The molecule has 1 aromatic rings. The number of carbonyl (C=O) groups excluding carboxylic acids is 1. The van der Waals surface area contributed by atoms with Gasteiger partial charge in [-0.1, -0.05) is 18.2 Å². The topological polar surface area (TPSA) is 81.1 Å². The molecule has 0 amide bonds. The quantitative estimate of drug-likeness (QED) is 0.195. The van der Waals surface area contributed by atoms with Crippen LogP contribution in [0.2, 0.25) is 0 Å². The molecule has 4 nitrogen and oxygen atoms in total. The maximum absolute atomic E-state index is 13.9. The highest BCUT2D eigenvalue weighted by Gasteiger charge is 2.23. The van der Waals surface area contributed by atoms with Crippen LogP contribution in [0.4, 0.5) is 14.5 Å². The first kappa shape index (κ1) is 16.6. The van der Waals surface area contributed by atoms with Crippen molar-refractivity contribution in [2.75, 3.05) is 5.73 Å². The predicted molar refractivity (Wildman–Crippen MR) is 79.1 cm³/mol. The third-order valence-electron chi connectivity index (χ3n) is 2.71. The molecule has 0 radical (unpaired) electrons. The van der Waals surface area contributed by atoms with Crippen LogP contribution in [0, 0.1) is 11.6 Å². The highest BCUT2D eigenvalue weighted by atomic mass is 19.1. The smallest absolute Gasteiger partial charge is 0.200 e. The molecule has 112 valence electrons. The molecule has 0 atom stereocenters. The second-order valence-electron chi connectivity index (χ2n) is 4.55. The van der Waals surface area contributed by atoms with Gasteiger partial charge in [-0.15, -0.1) is 0 Å². The van der Waals surface area contributed by atoms with Crippen molar-refractivity contribution < 1.29 is 13.6 Å². The van der Waals surface area contributed by atoms with E-state index in [4.69, 9.17) is 11.6 Å². The van der Waals surface area contributed by atoms with Crippen LogP contribution >= 0.6 is 0 Å². The van der Waals surface area contributed by atoms with Gasteiger partial charge in [-0.3, -0.25) is 10.6 Å². The number of ketones is 1. The summed E-state index contributed by atoms with van der Waals surface area (Å²) in [6.45, 7) is 7.02. The monoisotopic (exact) mass is 293 g/mol. The zero-order chi connectivity index (χ0) is 16.2. The van der Waals surface area contributed by atoms with E-state index in [9.17, 15) is 13.6 Å². The largest absolute Gasteiger partial charge is 0.396 e. The number of hydrazine groups is 1. The minimum absolute atomic E-state index is 0.0175. The Balaban J connectivity index is 3.43. The first-order valence-electron chi connectivity index (χ1n) is 6.08. The number of halogens is 2. The molecule has 0 heterocycles. The molecule has 0 bridgehead atoms. The molecule has 0 unspecified atom stereocenters. The summed E-state index contributed by atoms with van der Waals surface area (Å²) in [5.41, 5.74) is 7.71. The predicted octanol–water partition coefficient (Wildman–Crippen LogP) is 2.60. The Morgan fingerprint density at radius 2 is 1.95 bits per heavy atom. The van der Waals surface area contributed by atoms with Gasteiger partial charge in [0.25, 0.3) is 0 Å². The number of rotatable bonds is 5. The fraction of sp³-hybridized carbons (Fsp3) is 0.133. The van der Waals surface area contributed by atoms with Crippen molar-refractivity contribution in [2.45, 2.75) is 13.8 Å². The first-order chi connectivity index (χ1) is 9.79. The summed E-state index contributed by atoms with van der Waals surface area (Å²) in [6, 6.07) is 2.00. The molecule has 0 saturated heterocycles. The molecule has 0 aliphatic carbocycles. The van der Waals surface area contributed by atoms with Crippen LogP contribution in [0.5, 0.6) is 0 Å². The highest BCUT2D eigenvalue weighted by molar-refractivity contribution is 6.12. The number of Topliss-reactive ketones (excluding diaryl/α,β-unsaturated/α-hetero) is 1. The number of carbonyl (C=O) groups is 1. The molecule has 0 spiro atoms. The Kier molecular flexibility index (Phi) is 5.37. The Labute approximate surface area is 121 Å². The van der Waals surface area contributed by atoms with Gasteiger partial charge in [0.15, 0.2) is 5.82 Å². The molecule has 6 heteroatoms. The van der Waals surface area contributed by atoms with Gasteiger partial charge in [-0.2, -0.15) is 0 Å². The second-order valence-corrected chi connectivity index (χ2v) is 4.55. The van der Waals surface area contributed by atoms with Gasteiger partial charge in [0, 0.05) is 11.8 Å². The van der Waals surface area contributed by atoms with Crippen LogP contribution < -0.4 is 17.0 Å². The number of allylic oxidation sites excluding steroid dienone is 4. The van der Waals surface area contributed by atoms with Crippen molar-refractivity contribution in [3.8, 4) is 0 Å². The van der Waals surface area contributed by atoms with Gasteiger partial charge < -0.3 is 11.2 Å². The Hall–Kier alpha value is -2.47. The Morgan fingerprint density at radius 1 is 1.33 bits per heavy atom. The number of nitrogen functional groups attached to an aromatic ring is 1. The molecule has 0 aliphatic rings. The number of hydrogen-bond donors (Lipinski definition) is 3. The standard InChI is InChI=1S/C15H17F2N3O/c1-8(2)6-9(3)10(7-20-19)15(21)13-11(16)4-5-12(18)14(13)17/h4-7,20H,1,18-19H2,2-3H3/b9-6+,10-7+. The fourth-order valence-corrected chi connectivity index (χ4v) is 1.80. The lowest BCUT2D eigenvalue weighted by Gasteiger charge is -2.10. The van der Waals surface area contributed by atoms with Crippen LogP contribution in [-0.4, -0.2) is 5.78 Å². The molecule has 21 heavy (non-hydrogen) atoms. The van der Waals surface area contributed by atoms with Crippen molar-refractivity contribution in [2.24, 2.45) is 5.84 Å². The van der Waals surface area contributed by atoms with Crippen molar-refractivity contribution in [3.63, 3.8) is 0 Å². The zero-order valence-corrected chi connectivity index (χ0v) is 11.8. The van der Waals surface area contributed by atoms with E-state index in [1.807, 2.05) is 0 Å². The molecule has 1 aromatic carbocycles. The van der Waals surface area contributed by atoms with Crippen LogP contribution in [0.1, 0.15) is 24.2 Å². The summed E-state index contributed by atoms with van der Waals surface area (Å²) in [7, 11) is 0. The van der Waals surface area contributed by atoms with E-state index in [2.05, 4.69) is 12.0 Å². The maximum Gasteiger partial charge on any atom is 0.200 e.